The van der Waals surface area contributed by atoms with E-state index in [1.807, 2.05) is 36.4 Å². The van der Waals surface area contributed by atoms with E-state index in [4.69, 9.17) is 4.74 Å². The first-order valence-electron chi connectivity index (χ1n) is 9.50. The van der Waals surface area contributed by atoms with Crippen LogP contribution in [0.5, 0.6) is 5.75 Å². The monoisotopic (exact) mass is 427 g/mol. The van der Waals surface area contributed by atoms with E-state index in [1.165, 1.54) is 11.0 Å². The maximum atomic E-state index is 13.0. The van der Waals surface area contributed by atoms with Crippen molar-refractivity contribution >= 4 is 15.7 Å². The van der Waals surface area contributed by atoms with Crippen LogP contribution in [0.3, 0.4) is 0 Å². The number of hydrogen-bond donors (Lipinski definition) is 0. The molecule has 1 aromatic heterocycles. The highest BCUT2D eigenvalue weighted by Gasteiger charge is 2.34. The summed E-state index contributed by atoms with van der Waals surface area (Å²) in [6.07, 6.45) is 1.90. The van der Waals surface area contributed by atoms with Gasteiger partial charge in [0, 0.05) is 18.7 Å². The number of rotatable bonds is 7. The van der Waals surface area contributed by atoms with E-state index in [2.05, 4.69) is 15.5 Å². The first-order chi connectivity index (χ1) is 14.5. The van der Waals surface area contributed by atoms with Gasteiger partial charge in [0.15, 0.2) is 16.4 Å². The Morgan fingerprint density at radius 3 is 2.70 bits per heavy atom. The number of tetrazole rings is 1. The first kappa shape index (κ1) is 20.0. The van der Waals surface area contributed by atoms with E-state index in [9.17, 15) is 13.2 Å². The molecule has 1 aliphatic heterocycles. The second kappa shape index (κ2) is 8.62. The molecule has 9 nitrogen and oxygen atoms in total. The molecule has 0 spiro atoms. The molecule has 0 aliphatic carbocycles. The Morgan fingerprint density at radius 1 is 1.17 bits per heavy atom. The van der Waals surface area contributed by atoms with Crippen molar-refractivity contribution in [3.05, 3.63) is 66.5 Å². The van der Waals surface area contributed by atoms with Crippen LogP contribution in [0.2, 0.25) is 0 Å². The van der Waals surface area contributed by atoms with Gasteiger partial charge in [-0.2, -0.15) is 0 Å². The molecular weight excluding hydrogens is 406 g/mol. The largest absolute Gasteiger partial charge is 0.484 e. The van der Waals surface area contributed by atoms with Crippen LogP contribution in [0.25, 0.3) is 5.69 Å². The van der Waals surface area contributed by atoms with Crippen molar-refractivity contribution in [1.29, 1.82) is 0 Å². The van der Waals surface area contributed by atoms with Crippen LogP contribution >= 0.6 is 0 Å². The fourth-order valence-corrected chi connectivity index (χ4v) is 5.18. The smallest absolute Gasteiger partial charge is 0.261 e. The van der Waals surface area contributed by atoms with E-state index in [-0.39, 0.29) is 30.1 Å². The predicted octanol–water partition coefficient (Wildman–Crippen LogP) is 1.26. The number of amides is 1. The van der Waals surface area contributed by atoms with E-state index in [0.29, 0.717) is 24.4 Å². The normalized spacial score (nSPS) is 17.5. The lowest BCUT2D eigenvalue weighted by atomic mass is 10.1. The van der Waals surface area contributed by atoms with E-state index in [1.54, 1.807) is 23.1 Å². The Kier molecular flexibility index (Phi) is 5.75. The maximum Gasteiger partial charge on any atom is 0.261 e. The third-order valence-electron chi connectivity index (χ3n) is 4.96. The molecule has 1 atom stereocenters. The molecule has 156 valence electrons. The van der Waals surface area contributed by atoms with Crippen molar-refractivity contribution in [3.8, 4) is 11.4 Å². The number of carbonyl (C=O) groups excluding carboxylic acids is 1. The molecule has 2 aromatic carbocycles. The summed E-state index contributed by atoms with van der Waals surface area (Å²) in [6, 6.07) is 16.2. The number of sulfone groups is 1. The van der Waals surface area contributed by atoms with Crippen molar-refractivity contribution in [3.63, 3.8) is 0 Å². The van der Waals surface area contributed by atoms with Crippen LogP contribution in [-0.2, 0) is 21.2 Å². The zero-order valence-electron chi connectivity index (χ0n) is 16.2. The number of aromatic nitrogens is 4. The molecule has 1 fully saturated rings. The van der Waals surface area contributed by atoms with Crippen LogP contribution in [0.4, 0.5) is 0 Å². The number of benzene rings is 2. The minimum absolute atomic E-state index is 0.0135. The molecule has 1 aliphatic rings. The fraction of sp³-hybridized carbons (Fsp3) is 0.300. The van der Waals surface area contributed by atoms with Gasteiger partial charge in [-0.1, -0.05) is 36.4 Å². The van der Waals surface area contributed by atoms with Gasteiger partial charge >= 0.3 is 0 Å². The molecule has 0 bridgehead atoms. The average Bonchev–Trinajstić information content (AvgIpc) is 3.41. The SMILES string of the molecule is O=C(COc1cccc(-n2cnnn2)c1)N(Cc1ccccc1)[C@@H]1CCS(=O)(=O)C1. The van der Waals surface area contributed by atoms with Gasteiger partial charge in [-0.3, -0.25) is 4.79 Å². The van der Waals surface area contributed by atoms with Crippen LogP contribution in [-0.4, -0.2) is 63.6 Å². The fourth-order valence-electron chi connectivity index (χ4n) is 3.45. The van der Waals surface area contributed by atoms with Crippen molar-refractivity contribution in [2.75, 3.05) is 18.1 Å². The van der Waals surface area contributed by atoms with Crippen LogP contribution in [0, 0.1) is 0 Å². The standard InChI is InChI=1S/C20H21N5O4S/c26-20(13-29-19-8-4-7-17(11-19)25-15-21-22-23-25)24(12-16-5-2-1-3-6-16)18-9-10-30(27,28)14-18/h1-8,11,15,18H,9-10,12-14H2/t18-/m1/s1. The number of nitrogens with zero attached hydrogens (tertiary/aromatic N) is 5. The molecule has 3 aromatic rings. The molecule has 1 amide bonds. The lowest BCUT2D eigenvalue weighted by molar-refractivity contribution is -0.136. The Hall–Kier alpha value is -3.27. The van der Waals surface area contributed by atoms with Gasteiger partial charge in [0.2, 0.25) is 0 Å². The second-order valence-corrected chi connectivity index (χ2v) is 9.33. The topological polar surface area (TPSA) is 107 Å². The van der Waals surface area contributed by atoms with E-state index >= 15 is 0 Å². The molecule has 1 saturated heterocycles. The van der Waals surface area contributed by atoms with Gasteiger partial charge in [0.25, 0.3) is 5.91 Å². The predicted molar refractivity (Wildman–Crippen MR) is 109 cm³/mol. The molecule has 0 radical (unpaired) electrons. The van der Waals surface area contributed by atoms with Gasteiger partial charge in [-0.05, 0) is 34.5 Å². The molecule has 0 N–H and O–H groups in total. The van der Waals surface area contributed by atoms with Crippen LogP contribution < -0.4 is 4.74 Å². The van der Waals surface area contributed by atoms with Crippen molar-refractivity contribution in [2.45, 2.75) is 19.0 Å². The van der Waals surface area contributed by atoms with E-state index in [0.717, 1.165) is 5.56 Å². The third kappa shape index (κ3) is 4.82. The molecule has 0 saturated carbocycles. The molecule has 10 heteroatoms. The number of ether oxygens (including phenoxy) is 1. The van der Waals surface area contributed by atoms with Gasteiger partial charge in [-0.25, -0.2) is 13.1 Å². The van der Waals surface area contributed by atoms with Crippen LogP contribution in [0.15, 0.2) is 60.9 Å². The quantitative estimate of drug-likeness (QED) is 0.559. The maximum absolute atomic E-state index is 13.0. The summed E-state index contributed by atoms with van der Waals surface area (Å²) in [5.41, 5.74) is 1.64. The molecule has 2 heterocycles. The summed E-state index contributed by atoms with van der Waals surface area (Å²) >= 11 is 0. The van der Waals surface area contributed by atoms with E-state index < -0.39 is 9.84 Å². The minimum Gasteiger partial charge on any atom is -0.484 e. The zero-order valence-corrected chi connectivity index (χ0v) is 17.0. The Bertz CT molecular complexity index is 1100. The second-order valence-electron chi connectivity index (χ2n) is 7.10. The Balaban J connectivity index is 1.47. The first-order valence-corrected chi connectivity index (χ1v) is 11.3. The average molecular weight is 427 g/mol. The highest BCUT2D eigenvalue weighted by molar-refractivity contribution is 7.91. The van der Waals surface area contributed by atoms with Gasteiger partial charge in [0.1, 0.15) is 12.1 Å². The van der Waals surface area contributed by atoms with Gasteiger partial charge in [0.05, 0.1) is 17.2 Å². The number of hydrogen-bond acceptors (Lipinski definition) is 7. The molecule has 0 unspecified atom stereocenters. The molecule has 4 rings (SSSR count). The highest BCUT2D eigenvalue weighted by atomic mass is 32.2. The highest BCUT2D eigenvalue weighted by Crippen LogP contribution is 2.21. The van der Waals surface area contributed by atoms with Crippen molar-refractivity contribution in [2.24, 2.45) is 0 Å². The summed E-state index contributed by atoms with van der Waals surface area (Å²) in [5.74, 6) is 0.328. The lowest BCUT2D eigenvalue weighted by Gasteiger charge is -2.28. The van der Waals surface area contributed by atoms with Crippen molar-refractivity contribution in [1.82, 2.24) is 25.1 Å². The Morgan fingerprint density at radius 2 is 2.00 bits per heavy atom. The minimum atomic E-state index is -3.12. The molecule has 30 heavy (non-hydrogen) atoms. The summed E-state index contributed by atoms with van der Waals surface area (Å²) < 4.78 is 31.1. The van der Waals surface area contributed by atoms with Gasteiger partial charge in [-0.15, -0.1) is 5.10 Å². The Labute approximate surface area is 174 Å². The number of carbonyl (C=O) groups is 1. The summed E-state index contributed by atoms with van der Waals surface area (Å²) in [4.78, 5) is 14.6. The van der Waals surface area contributed by atoms with Gasteiger partial charge < -0.3 is 9.64 Å². The summed E-state index contributed by atoms with van der Waals surface area (Å²) in [7, 11) is -3.12. The summed E-state index contributed by atoms with van der Waals surface area (Å²) in [6.45, 7) is 0.149. The summed E-state index contributed by atoms with van der Waals surface area (Å²) in [5, 5.41) is 11.0. The van der Waals surface area contributed by atoms with Crippen LogP contribution in [0.1, 0.15) is 12.0 Å². The lowest BCUT2D eigenvalue weighted by Crippen LogP contribution is -2.43. The molecular formula is C20H21N5O4S. The third-order valence-corrected chi connectivity index (χ3v) is 6.71. The van der Waals surface area contributed by atoms with Crippen molar-refractivity contribution < 1.29 is 17.9 Å². The zero-order chi connectivity index (χ0) is 21.0.